The Morgan fingerprint density at radius 1 is 1.13 bits per heavy atom. The first-order chi connectivity index (χ1) is 11.0. The van der Waals surface area contributed by atoms with Crippen molar-refractivity contribution in [3.05, 3.63) is 64.7 Å². The van der Waals surface area contributed by atoms with Crippen LogP contribution < -0.4 is 10.1 Å². The highest BCUT2D eigenvalue weighted by atomic mass is 35.5. The molecule has 2 rings (SSSR count). The maximum absolute atomic E-state index is 12.0. The molecule has 1 unspecified atom stereocenters. The first kappa shape index (κ1) is 17.3. The van der Waals surface area contributed by atoms with Crippen molar-refractivity contribution in [2.45, 2.75) is 12.2 Å². The molecule has 1 amide bonds. The van der Waals surface area contributed by atoms with Gasteiger partial charge >= 0.3 is 0 Å². The SMILES string of the molecule is COc1ccccc1C(O)CNC(=O)[C@H](O)c1ccccc1Cl. The summed E-state index contributed by atoms with van der Waals surface area (Å²) in [5, 5.41) is 23.0. The molecule has 2 aromatic carbocycles. The Morgan fingerprint density at radius 2 is 1.74 bits per heavy atom. The molecule has 0 fully saturated rings. The average Bonchev–Trinajstić information content (AvgIpc) is 2.59. The highest BCUT2D eigenvalue weighted by Gasteiger charge is 2.21. The van der Waals surface area contributed by atoms with Crippen molar-refractivity contribution in [2.24, 2.45) is 0 Å². The third-order valence-corrected chi connectivity index (χ3v) is 3.76. The molecule has 0 aliphatic heterocycles. The van der Waals surface area contributed by atoms with Crippen LogP contribution in [-0.4, -0.2) is 29.8 Å². The Labute approximate surface area is 139 Å². The zero-order chi connectivity index (χ0) is 16.8. The number of hydrogen-bond donors (Lipinski definition) is 3. The molecule has 0 aliphatic carbocycles. The molecule has 122 valence electrons. The molecule has 23 heavy (non-hydrogen) atoms. The minimum Gasteiger partial charge on any atom is -0.496 e. The number of para-hydroxylation sites is 1. The highest BCUT2D eigenvalue weighted by Crippen LogP contribution is 2.25. The van der Waals surface area contributed by atoms with E-state index in [1.54, 1.807) is 48.5 Å². The number of halogens is 1. The van der Waals surface area contributed by atoms with Gasteiger partial charge in [-0.25, -0.2) is 0 Å². The Kier molecular flexibility index (Phi) is 5.98. The number of aliphatic hydroxyl groups excluding tert-OH is 2. The van der Waals surface area contributed by atoms with Crippen molar-refractivity contribution in [1.82, 2.24) is 5.32 Å². The Bertz CT molecular complexity index is 677. The number of methoxy groups -OCH3 is 1. The molecule has 0 aromatic heterocycles. The quantitative estimate of drug-likeness (QED) is 0.756. The molecule has 0 bridgehead atoms. The number of carbonyl (C=O) groups excluding carboxylic acids is 1. The van der Waals surface area contributed by atoms with Crippen LogP contribution in [0.1, 0.15) is 23.3 Å². The van der Waals surface area contributed by atoms with E-state index in [4.69, 9.17) is 16.3 Å². The molecular weight excluding hydrogens is 318 g/mol. The fraction of sp³-hybridized carbons (Fsp3) is 0.235. The van der Waals surface area contributed by atoms with E-state index in [9.17, 15) is 15.0 Å². The predicted molar refractivity (Wildman–Crippen MR) is 87.4 cm³/mol. The summed E-state index contributed by atoms with van der Waals surface area (Å²) in [6.45, 7) is -0.0548. The number of ether oxygens (including phenoxy) is 1. The van der Waals surface area contributed by atoms with Crippen molar-refractivity contribution < 1.29 is 19.7 Å². The second kappa shape index (κ2) is 7.97. The lowest BCUT2D eigenvalue weighted by Crippen LogP contribution is -2.33. The third kappa shape index (κ3) is 4.22. The van der Waals surface area contributed by atoms with Gasteiger partial charge in [0.15, 0.2) is 6.10 Å². The van der Waals surface area contributed by atoms with Crippen LogP contribution in [0.15, 0.2) is 48.5 Å². The van der Waals surface area contributed by atoms with Crippen LogP contribution in [0.3, 0.4) is 0 Å². The monoisotopic (exact) mass is 335 g/mol. The van der Waals surface area contributed by atoms with E-state index in [0.29, 0.717) is 21.9 Å². The number of aliphatic hydroxyl groups is 2. The van der Waals surface area contributed by atoms with Crippen molar-refractivity contribution in [3.8, 4) is 5.75 Å². The van der Waals surface area contributed by atoms with Crippen molar-refractivity contribution in [1.29, 1.82) is 0 Å². The zero-order valence-electron chi connectivity index (χ0n) is 12.6. The van der Waals surface area contributed by atoms with E-state index in [0.717, 1.165) is 0 Å². The summed E-state index contributed by atoms with van der Waals surface area (Å²) in [4.78, 5) is 12.0. The van der Waals surface area contributed by atoms with Gasteiger partial charge < -0.3 is 20.3 Å². The van der Waals surface area contributed by atoms with Crippen LogP contribution in [0, 0.1) is 0 Å². The number of nitrogens with one attached hydrogen (secondary N) is 1. The second-order valence-electron chi connectivity index (χ2n) is 4.93. The third-order valence-electron chi connectivity index (χ3n) is 3.42. The van der Waals surface area contributed by atoms with Gasteiger partial charge in [-0.3, -0.25) is 4.79 Å². The normalized spacial score (nSPS) is 13.2. The molecule has 0 spiro atoms. The smallest absolute Gasteiger partial charge is 0.253 e. The highest BCUT2D eigenvalue weighted by molar-refractivity contribution is 6.31. The molecule has 5 nitrogen and oxygen atoms in total. The molecule has 0 radical (unpaired) electrons. The maximum Gasteiger partial charge on any atom is 0.253 e. The zero-order valence-corrected chi connectivity index (χ0v) is 13.3. The van der Waals surface area contributed by atoms with Gasteiger partial charge in [0.25, 0.3) is 5.91 Å². The largest absolute Gasteiger partial charge is 0.496 e. The van der Waals surface area contributed by atoms with E-state index in [-0.39, 0.29) is 6.54 Å². The molecule has 0 saturated heterocycles. The van der Waals surface area contributed by atoms with Crippen LogP contribution in [0.5, 0.6) is 5.75 Å². The van der Waals surface area contributed by atoms with E-state index >= 15 is 0 Å². The standard InChI is InChI=1S/C17H18ClNO4/c1-23-15-9-5-3-7-12(15)14(20)10-19-17(22)16(21)11-6-2-4-8-13(11)18/h2-9,14,16,20-21H,10H2,1H3,(H,19,22)/t14?,16-/m1/s1. The Morgan fingerprint density at radius 3 is 2.39 bits per heavy atom. The van der Waals surface area contributed by atoms with Crippen molar-refractivity contribution in [3.63, 3.8) is 0 Å². The van der Waals surface area contributed by atoms with Gasteiger partial charge in [-0.05, 0) is 12.1 Å². The van der Waals surface area contributed by atoms with Crippen LogP contribution in [0.4, 0.5) is 0 Å². The van der Waals surface area contributed by atoms with Gasteiger partial charge in [-0.1, -0.05) is 48.0 Å². The van der Waals surface area contributed by atoms with E-state index in [1.807, 2.05) is 0 Å². The summed E-state index contributed by atoms with van der Waals surface area (Å²) in [6.07, 6.45) is -2.35. The lowest BCUT2D eigenvalue weighted by Gasteiger charge is -2.17. The summed E-state index contributed by atoms with van der Waals surface area (Å²) in [7, 11) is 1.51. The molecule has 0 saturated carbocycles. The number of carbonyl (C=O) groups is 1. The second-order valence-corrected chi connectivity index (χ2v) is 5.33. The van der Waals surface area contributed by atoms with Crippen LogP contribution >= 0.6 is 11.6 Å². The van der Waals surface area contributed by atoms with Gasteiger partial charge in [-0.15, -0.1) is 0 Å². The maximum atomic E-state index is 12.0. The summed E-state index contributed by atoms with van der Waals surface area (Å²) in [5.74, 6) is -0.104. The molecule has 6 heteroatoms. The number of hydrogen-bond acceptors (Lipinski definition) is 4. The topological polar surface area (TPSA) is 78.8 Å². The molecular formula is C17H18ClNO4. The Hall–Kier alpha value is -2.08. The van der Waals surface area contributed by atoms with Gasteiger partial charge in [0.1, 0.15) is 5.75 Å². The van der Waals surface area contributed by atoms with E-state index in [2.05, 4.69) is 5.32 Å². The lowest BCUT2D eigenvalue weighted by atomic mass is 10.1. The molecule has 0 aliphatic rings. The van der Waals surface area contributed by atoms with Crippen LogP contribution in [0.2, 0.25) is 5.02 Å². The first-order valence-corrected chi connectivity index (χ1v) is 7.43. The Balaban J connectivity index is 2.00. The first-order valence-electron chi connectivity index (χ1n) is 7.05. The number of amides is 1. The van der Waals surface area contributed by atoms with Crippen molar-refractivity contribution >= 4 is 17.5 Å². The lowest BCUT2D eigenvalue weighted by molar-refractivity contribution is -0.130. The fourth-order valence-electron chi connectivity index (χ4n) is 2.18. The summed E-state index contributed by atoms with van der Waals surface area (Å²) >= 11 is 5.96. The summed E-state index contributed by atoms with van der Waals surface area (Å²) in [6, 6.07) is 13.5. The van der Waals surface area contributed by atoms with E-state index in [1.165, 1.54) is 7.11 Å². The number of rotatable bonds is 6. The predicted octanol–water partition coefficient (Wildman–Crippen LogP) is 2.23. The minimum atomic E-state index is -1.39. The minimum absolute atomic E-state index is 0.0548. The van der Waals surface area contributed by atoms with E-state index < -0.39 is 18.1 Å². The number of benzene rings is 2. The van der Waals surface area contributed by atoms with Crippen LogP contribution in [0.25, 0.3) is 0 Å². The van der Waals surface area contributed by atoms with Gasteiger partial charge in [0, 0.05) is 22.7 Å². The van der Waals surface area contributed by atoms with Crippen LogP contribution in [-0.2, 0) is 4.79 Å². The van der Waals surface area contributed by atoms with Crippen molar-refractivity contribution in [2.75, 3.05) is 13.7 Å². The molecule has 0 heterocycles. The summed E-state index contributed by atoms with van der Waals surface area (Å²) in [5.41, 5.74) is 0.876. The molecule has 2 atom stereocenters. The van der Waals surface area contributed by atoms with Gasteiger partial charge in [0.2, 0.25) is 0 Å². The van der Waals surface area contributed by atoms with Gasteiger partial charge in [0.05, 0.1) is 13.2 Å². The average molecular weight is 336 g/mol. The molecule has 3 N–H and O–H groups in total. The fourth-order valence-corrected chi connectivity index (χ4v) is 2.42. The van der Waals surface area contributed by atoms with Gasteiger partial charge in [-0.2, -0.15) is 0 Å². The molecule has 2 aromatic rings. The summed E-state index contributed by atoms with van der Waals surface area (Å²) < 4.78 is 5.17.